The van der Waals surface area contributed by atoms with Gasteiger partial charge in [-0.15, -0.1) is 0 Å². The molecule has 1 aliphatic heterocycles. The maximum atomic E-state index is 12.0. The average Bonchev–Trinajstić information content (AvgIpc) is 2.84. The highest BCUT2D eigenvalue weighted by Gasteiger charge is 2.19. The third-order valence-electron chi connectivity index (χ3n) is 2.91. The van der Waals surface area contributed by atoms with E-state index in [9.17, 15) is 4.79 Å². The Kier molecular flexibility index (Phi) is 4.46. The van der Waals surface area contributed by atoms with E-state index in [4.69, 9.17) is 20.3 Å². The Hall–Kier alpha value is -1.95. The van der Waals surface area contributed by atoms with E-state index in [-0.39, 0.29) is 19.3 Å². The molecule has 0 fully saturated rings. The number of anilines is 1. The molecule has 0 aromatic heterocycles. The van der Waals surface area contributed by atoms with Crippen LogP contribution in [0.4, 0.5) is 5.69 Å². The Morgan fingerprint density at radius 3 is 2.74 bits per heavy atom. The number of nitrogens with one attached hydrogen (secondary N) is 1. The molecule has 0 spiro atoms. The maximum absolute atomic E-state index is 12.0. The summed E-state index contributed by atoms with van der Waals surface area (Å²) in [6.45, 7) is 0.900. The fraction of sp³-hybridized carbons (Fsp3) is 0.462. The molecule has 0 aliphatic carbocycles. The fourth-order valence-corrected chi connectivity index (χ4v) is 1.87. The third-order valence-corrected chi connectivity index (χ3v) is 2.91. The predicted molar refractivity (Wildman–Crippen MR) is 70.2 cm³/mol. The van der Waals surface area contributed by atoms with Crippen molar-refractivity contribution in [1.29, 1.82) is 0 Å². The van der Waals surface area contributed by atoms with Crippen LogP contribution in [0.5, 0.6) is 11.5 Å². The van der Waals surface area contributed by atoms with Crippen LogP contribution in [-0.2, 0) is 0 Å². The van der Waals surface area contributed by atoms with Crippen molar-refractivity contribution in [3.8, 4) is 11.5 Å². The monoisotopic (exact) mass is 266 g/mol. The summed E-state index contributed by atoms with van der Waals surface area (Å²) in [5, 5.41) is 11.4. The number of fused-ring (bicyclic) bond motifs is 1. The first-order chi connectivity index (χ1) is 9.22. The highest BCUT2D eigenvalue weighted by atomic mass is 16.7. The quantitative estimate of drug-likeness (QED) is 0.525. The summed E-state index contributed by atoms with van der Waals surface area (Å²) < 4.78 is 10.4. The van der Waals surface area contributed by atoms with Crippen LogP contribution in [0.1, 0.15) is 29.6 Å². The third kappa shape index (κ3) is 3.29. The van der Waals surface area contributed by atoms with Crippen LogP contribution in [0.25, 0.3) is 0 Å². The average molecular weight is 266 g/mol. The van der Waals surface area contributed by atoms with Gasteiger partial charge in [-0.3, -0.25) is 4.79 Å². The molecule has 4 N–H and O–H groups in total. The van der Waals surface area contributed by atoms with Crippen molar-refractivity contribution in [3.63, 3.8) is 0 Å². The SMILES string of the molecule is Nc1cc2c(cc1C(=O)NCCCCCO)OCO2. The lowest BCUT2D eigenvalue weighted by molar-refractivity contribution is 0.0953. The molecule has 6 nitrogen and oxygen atoms in total. The van der Waals surface area contributed by atoms with Gasteiger partial charge in [-0.1, -0.05) is 0 Å². The topological polar surface area (TPSA) is 93.8 Å². The van der Waals surface area contributed by atoms with Crippen molar-refractivity contribution in [1.82, 2.24) is 5.32 Å². The molecule has 0 radical (unpaired) electrons. The number of hydrogen-bond donors (Lipinski definition) is 3. The molecule has 0 atom stereocenters. The number of amides is 1. The van der Waals surface area contributed by atoms with Gasteiger partial charge < -0.3 is 25.6 Å². The lowest BCUT2D eigenvalue weighted by Gasteiger charge is -2.08. The number of nitrogen functional groups attached to an aromatic ring is 1. The summed E-state index contributed by atoms with van der Waals surface area (Å²) in [7, 11) is 0. The summed E-state index contributed by atoms with van der Waals surface area (Å²) in [6, 6.07) is 3.20. The van der Waals surface area contributed by atoms with Crippen LogP contribution in [0, 0.1) is 0 Å². The zero-order valence-electron chi connectivity index (χ0n) is 10.6. The first-order valence-electron chi connectivity index (χ1n) is 6.30. The van der Waals surface area contributed by atoms with Gasteiger partial charge in [0.1, 0.15) is 0 Å². The number of nitrogens with two attached hydrogens (primary N) is 1. The van der Waals surface area contributed by atoms with E-state index in [1.807, 2.05) is 0 Å². The van der Waals surface area contributed by atoms with Crippen LogP contribution in [0.2, 0.25) is 0 Å². The fourth-order valence-electron chi connectivity index (χ4n) is 1.87. The molecule has 1 aromatic carbocycles. The summed E-state index contributed by atoms with van der Waals surface area (Å²) in [5.74, 6) is 0.886. The molecule has 6 heteroatoms. The molecule has 2 rings (SSSR count). The molecule has 1 heterocycles. The van der Waals surface area contributed by atoms with Crippen molar-refractivity contribution in [3.05, 3.63) is 17.7 Å². The molecule has 0 saturated carbocycles. The molecular weight excluding hydrogens is 248 g/mol. The van der Waals surface area contributed by atoms with Gasteiger partial charge in [-0.2, -0.15) is 0 Å². The number of unbranched alkanes of at least 4 members (excludes halogenated alkanes) is 2. The van der Waals surface area contributed by atoms with Gasteiger partial charge in [0.15, 0.2) is 11.5 Å². The van der Waals surface area contributed by atoms with E-state index in [1.54, 1.807) is 12.1 Å². The highest BCUT2D eigenvalue weighted by Crippen LogP contribution is 2.35. The molecule has 0 unspecified atom stereocenters. The molecule has 0 saturated heterocycles. The van der Waals surface area contributed by atoms with E-state index in [1.165, 1.54) is 0 Å². The molecule has 19 heavy (non-hydrogen) atoms. The van der Waals surface area contributed by atoms with Gasteiger partial charge in [-0.25, -0.2) is 0 Å². The van der Waals surface area contributed by atoms with Gasteiger partial charge >= 0.3 is 0 Å². The lowest BCUT2D eigenvalue weighted by Crippen LogP contribution is -2.25. The zero-order chi connectivity index (χ0) is 13.7. The van der Waals surface area contributed by atoms with Crippen LogP contribution >= 0.6 is 0 Å². The number of benzene rings is 1. The number of carbonyl (C=O) groups is 1. The second-order valence-corrected chi connectivity index (χ2v) is 4.33. The van der Waals surface area contributed by atoms with Crippen LogP contribution in [0.15, 0.2) is 12.1 Å². The number of aliphatic hydroxyl groups excluding tert-OH is 1. The molecule has 1 aromatic rings. The first kappa shape index (κ1) is 13.5. The maximum Gasteiger partial charge on any atom is 0.253 e. The largest absolute Gasteiger partial charge is 0.454 e. The van der Waals surface area contributed by atoms with Gasteiger partial charge in [-0.05, 0) is 25.3 Å². The van der Waals surface area contributed by atoms with Crippen LogP contribution < -0.4 is 20.5 Å². The van der Waals surface area contributed by atoms with Gasteiger partial charge in [0.2, 0.25) is 6.79 Å². The number of hydrogen-bond acceptors (Lipinski definition) is 5. The smallest absolute Gasteiger partial charge is 0.253 e. The van der Waals surface area contributed by atoms with Crippen LogP contribution in [0.3, 0.4) is 0 Å². The minimum absolute atomic E-state index is 0.154. The molecule has 0 bridgehead atoms. The van der Waals surface area contributed by atoms with Crippen molar-refractivity contribution >= 4 is 11.6 Å². The molecule has 1 aliphatic rings. The first-order valence-corrected chi connectivity index (χ1v) is 6.30. The van der Waals surface area contributed by atoms with Crippen molar-refractivity contribution in [2.45, 2.75) is 19.3 Å². The van der Waals surface area contributed by atoms with Gasteiger partial charge in [0, 0.05) is 24.9 Å². The Labute approximate surface area is 111 Å². The van der Waals surface area contributed by atoms with Gasteiger partial charge in [0.25, 0.3) is 5.91 Å². The number of ether oxygens (including phenoxy) is 2. The van der Waals surface area contributed by atoms with Crippen molar-refractivity contribution < 1.29 is 19.4 Å². The van der Waals surface area contributed by atoms with E-state index >= 15 is 0 Å². The van der Waals surface area contributed by atoms with E-state index in [2.05, 4.69) is 5.32 Å². The Balaban J connectivity index is 1.92. The van der Waals surface area contributed by atoms with E-state index < -0.39 is 0 Å². The van der Waals surface area contributed by atoms with Crippen LogP contribution in [-0.4, -0.2) is 31.0 Å². The van der Waals surface area contributed by atoms with E-state index in [0.29, 0.717) is 29.3 Å². The van der Waals surface area contributed by atoms with E-state index in [0.717, 1.165) is 19.3 Å². The Morgan fingerprint density at radius 1 is 1.26 bits per heavy atom. The molecular formula is C13H18N2O4. The Bertz CT molecular complexity index is 462. The number of aliphatic hydroxyl groups is 1. The summed E-state index contributed by atoms with van der Waals surface area (Å²) >= 11 is 0. The second kappa shape index (κ2) is 6.29. The zero-order valence-corrected chi connectivity index (χ0v) is 10.6. The lowest BCUT2D eigenvalue weighted by atomic mass is 10.1. The predicted octanol–water partition coefficient (Wildman–Crippen LogP) is 0.890. The number of rotatable bonds is 6. The minimum atomic E-state index is -0.222. The number of carbonyl (C=O) groups excluding carboxylic acids is 1. The molecule has 104 valence electrons. The van der Waals surface area contributed by atoms with Crippen molar-refractivity contribution in [2.75, 3.05) is 25.7 Å². The highest BCUT2D eigenvalue weighted by molar-refractivity contribution is 6.00. The van der Waals surface area contributed by atoms with Gasteiger partial charge in [0.05, 0.1) is 5.56 Å². The second-order valence-electron chi connectivity index (χ2n) is 4.33. The molecule has 1 amide bonds. The Morgan fingerprint density at radius 2 is 2.00 bits per heavy atom. The summed E-state index contributed by atoms with van der Waals surface area (Å²) in [4.78, 5) is 12.0. The van der Waals surface area contributed by atoms with Crippen molar-refractivity contribution in [2.24, 2.45) is 0 Å². The summed E-state index contributed by atoms with van der Waals surface area (Å²) in [6.07, 6.45) is 2.46. The standard InChI is InChI=1S/C13H18N2O4/c14-10-7-12-11(18-8-19-12)6-9(10)13(17)15-4-2-1-3-5-16/h6-7,16H,1-5,8,14H2,(H,15,17). The minimum Gasteiger partial charge on any atom is -0.454 e. The summed E-state index contributed by atoms with van der Waals surface area (Å²) in [5.41, 5.74) is 6.58. The normalized spacial score (nSPS) is 12.5.